The summed E-state index contributed by atoms with van der Waals surface area (Å²) in [6, 6.07) is 3.17. The van der Waals surface area contributed by atoms with Crippen molar-refractivity contribution in [3.63, 3.8) is 0 Å². The van der Waals surface area contributed by atoms with Gasteiger partial charge in [0.2, 0.25) is 5.91 Å². The van der Waals surface area contributed by atoms with Crippen molar-refractivity contribution in [1.29, 1.82) is 0 Å². The number of aromatic nitrogens is 1. The van der Waals surface area contributed by atoms with Gasteiger partial charge in [-0.25, -0.2) is 0 Å². The van der Waals surface area contributed by atoms with Crippen LogP contribution in [0.4, 0.5) is 5.69 Å². The third-order valence-corrected chi connectivity index (χ3v) is 2.73. The molecule has 3 N–H and O–H groups in total. The minimum atomic E-state index is -0.336. The average Bonchev–Trinajstić information content (AvgIpc) is 2.24. The Balaban J connectivity index is 2.76. The zero-order valence-corrected chi connectivity index (χ0v) is 10.5. The van der Waals surface area contributed by atoms with Crippen LogP contribution in [0.15, 0.2) is 23.1 Å². The Bertz CT molecular complexity index is 463. The van der Waals surface area contributed by atoms with Gasteiger partial charge in [-0.3, -0.25) is 9.59 Å². The largest absolute Gasteiger partial charge is 0.394 e. The highest BCUT2D eigenvalue weighted by atomic mass is 16.2. The number of hydrogen-bond acceptors (Lipinski definition) is 3. The second-order valence-corrected chi connectivity index (χ2v) is 4.68. The normalized spacial score (nSPS) is 11.2. The lowest BCUT2D eigenvalue weighted by Gasteiger charge is -2.24. The molecule has 0 spiro atoms. The van der Waals surface area contributed by atoms with Crippen LogP contribution in [0.3, 0.4) is 0 Å². The topological polar surface area (TPSA) is 77.1 Å². The molecule has 0 bridgehead atoms. The highest BCUT2D eigenvalue weighted by molar-refractivity contribution is 5.76. The quantitative estimate of drug-likeness (QED) is 0.810. The SMILES string of the molecule is CCC(C)(C)NC(=O)Cn1cccc(N)c1=O. The van der Waals surface area contributed by atoms with E-state index in [0.29, 0.717) is 0 Å². The maximum absolute atomic E-state index is 11.7. The lowest BCUT2D eigenvalue weighted by molar-refractivity contribution is -0.123. The molecule has 0 radical (unpaired) electrons. The minimum absolute atomic E-state index is 0.00664. The van der Waals surface area contributed by atoms with Gasteiger partial charge in [-0.05, 0) is 32.4 Å². The van der Waals surface area contributed by atoms with Crippen LogP contribution in [0.5, 0.6) is 0 Å². The van der Waals surface area contributed by atoms with Crippen molar-refractivity contribution in [3.8, 4) is 0 Å². The number of nitrogen functional groups attached to an aromatic ring is 1. The van der Waals surface area contributed by atoms with E-state index in [0.717, 1.165) is 6.42 Å². The zero-order valence-electron chi connectivity index (χ0n) is 10.5. The van der Waals surface area contributed by atoms with Gasteiger partial charge in [-0.1, -0.05) is 6.92 Å². The minimum Gasteiger partial charge on any atom is -0.394 e. The lowest BCUT2D eigenvalue weighted by atomic mass is 10.0. The molecule has 5 nitrogen and oxygen atoms in total. The van der Waals surface area contributed by atoms with E-state index in [2.05, 4.69) is 5.32 Å². The number of carbonyl (C=O) groups excluding carboxylic acids is 1. The number of rotatable bonds is 4. The van der Waals surface area contributed by atoms with Gasteiger partial charge in [-0.2, -0.15) is 0 Å². The number of nitrogens with two attached hydrogens (primary N) is 1. The van der Waals surface area contributed by atoms with Crippen molar-refractivity contribution in [1.82, 2.24) is 9.88 Å². The van der Waals surface area contributed by atoms with Crippen LogP contribution in [0, 0.1) is 0 Å². The molecule has 0 fully saturated rings. The van der Waals surface area contributed by atoms with Crippen molar-refractivity contribution in [2.75, 3.05) is 5.73 Å². The van der Waals surface area contributed by atoms with Gasteiger partial charge >= 0.3 is 0 Å². The van der Waals surface area contributed by atoms with Gasteiger partial charge in [0.1, 0.15) is 6.54 Å². The number of nitrogens with zero attached hydrogens (tertiary/aromatic N) is 1. The Kier molecular flexibility index (Phi) is 3.93. The first-order valence-electron chi connectivity index (χ1n) is 5.61. The third-order valence-electron chi connectivity index (χ3n) is 2.73. The highest BCUT2D eigenvalue weighted by Gasteiger charge is 2.18. The van der Waals surface area contributed by atoms with E-state index in [9.17, 15) is 9.59 Å². The van der Waals surface area contributed by atoms with E-state index in [4.69, 9.17) is 5.73 Å². The van der Waals surface area contributed by atoms with Crippen LogP contribution < -0.4 is 16.6 Å². The van der Waals surface area contributed by atoms with Crippen LogP contribution in [0.25, 0.3) is 0 Å². The summed E-state index contributed by atoms with van der Waals surface area (Å²) in [7, 11) is 0. The fourth-order valence-corrected chi connectivity index (χ4v) is 1.34. The molecule has 0 aliphatic carbocycles. The summed E-state index contributed by atoms with van der Waals surface area (Å²) in [5.74, 6) is -0.190. The van der Waals surface area contributed by atoms with E-state index in [1.807, 2.05) is 20.8 Å². The Labute approximate surface area is 101 Å². The predicted molar refractivity (Wildman–Crippen MR) is 67.6 cm³/mol. The van der Waals surface area contributed by atoms with Crippen molar-refractivity contribution < 1.29 is 4.79 Å². The number of nitrogens with one attached hydrogen (secondary N) is 1. The van der Waals surface area contributed by atoms with E-state index < -0.39 is 0 Å². The Morgan fingerprint density at radius 3 is 2.76 bits per heavy atom. The summed E-state index contributed by atoms with van der Waals surface area (Å²) in [4.78, 5) is 23.3. The van der Waals surface area contributed by atoms with Crippen LogP contribution in [-0.4, -0.2) is 16.0 Å². The standard InChI is InChI=1S/C12H19N3O2/c1-4-12(2,3)14-10(16)8-15-7-5-6-9(13)11(15)17/h5-7H,4,8,13H2,1-3H3,(H,14,16). The molecule has 94 valence electrons. The van der Waals surface area contributed by atoms with Gasteiger partial charge in [-0.15, -0.1) is 0 Å². The Hall–Kier alpha value is -1.78. The van der Waals surface area contributed by atoms with Crippen molar-refractivity contribution in [2.24, 2.45) is 0 Å². The molecule has 1 rings (SSSR count). The molecule has 1 aromatic heterocycles. The maximum Gasteiger partial charge on any atom is 0.274 e. The van der Waals surface area contributed by atoms with Gasteiger partial charge in [0, 0.05) is 11.7 Å². The Morgan fingerprint density at radius 1 is 1.53 bits per heavy atom. The average molecular weight is 237 g/mol. The summed E-state index contributed by atoms with van der Waals surface area (Å²) < 4.78 is 1.30. The molecule has 0 saturated heterocycles. The molecule has 0 aliphatic rings. The van der Waals surface area contributed by atoms with Gasteiger partial charge < -0.3 is 15.6 Å². The van der Waals surface area contributed by atoms with Crippen LogP contribution in [0.1, 0.15) is 27.2 Å². The zero-order chi connectivity index (χ0) is 13.1. The van der Waals surface area contributed by atoms with E-state index in [1.165, 1.54) is 10.6 Å². The van der Waals surface area contributed by atoms with Crippen molar-refractivity contribution >= 4 is 11.6 Å². The number of pyridine rings is 1. The molecule has 0 aliphatic heterocycles. The van der Waals surface area contributed by atoms with Gasteiger partial charge in [0.25, 0.3) is 5.56 Å². The molecule has 5 heteroatoms. The van der Waals surface area contributed by atoms with Gasteiger partial charge in [0.05, 0.1) is 5.69 Å². The molecule has 1 aromatic rings. The monoisotopic (exact) mass is 237 g/mol. The number of anilines is 1. The number of hydrogen-bond donors (Lipinski definition) is 2. The smallest absolute Gasteiger partial charge is 0.274 e. The first-order valence-corrected chi connectivity index (χ1v) is 5.61. The summed E-state index contributed by atoms with van der Waals surface area (Å²) in [6.07, 6.45) is 2.38. The summed E-state index contributed by atoms with van der Waals surface area (Å²) in [5, 5.41) is 2.86. The van der Waals surface area contributed by atoms with E-state index in [1.54, 1.807) is 12.3 Å². The number of amides is 1. The molecule has 1 heterocycles. The molecule has 1 amide bonds. The second kappa shape index (κ2) is 5.03. The van der Waals surface area contributed by atoms with Crippen LogP contribution >= 0.6 is 0 Å². The highest BCUT2D eigenvalue weighted by Crippen LogP contribution is 2.06. The van der Waals surface area contributed by atoms with E-state index in [-0.39, 0.29) is 29.2 Å². The summed E-state index contributed by atoms with van der Waals surface area (Å²) in [6.45, 7) is 5.86. The lowest BCUT2D eigenvalue weighted by Crippen LogP contribution is -2.45. The second-order valence-electron chi connectivity index (χ2n) is 4.68. The molecular weight excluding hydrogens is 218 g/mol. The first-order chi connectivity index (χ1) is 7.85. The molecule has 17 heavy (non-hydrogen) atoms. The van der Waals surface area contributed by atoms with Gasteiger partial charge in [0.15, 0.2) is 0 Å². The molecule has 0 atom stereocenters. The fraction of sp³-hybridized carbons (Fsp3) is 0.500. The molecule has 0 aromatic carbocycles. The third kappa shape index (κ3) is 3.62. The Morgan fingerprint density at radius 2 is 2.18 bits per heavy atom. The predicted octanol–water partition coefficient (Wildman–Crippen LogP) is 0.735. The summed E-state index contributed by atoms with van der Waals surface area (Å²) >= 11 is 0. The number of carbonyl (C=O) groups is 1. The van der Waals surface area contributed by atoms with Crippen LogP contribution in [0.2, 0.25) is 0 Å². The fourth-order valence-electron chi connectivity index (χ4n) is 1.34. The van der Waals surface area contributed by atoms with Crippen LogP contribution in [-0.2, 0) is 11.3 Å². The van der Waals surface area contributed by atoms with Crippen molar-refractivity contribution in [2.45, 2.75) is 39.3 Å². The molecule has 0 unspecified atom stereocenters. The maximum atomic E-state index is 11.7. The molecular formula is C12H19N3O2. The first kappa shape index (κ1) is 13.3. The van der Waals surface area contributed by atoms with E-state index >= 15 is 0 Å². The molecule has 0 saturated carbocycles. The summed E-state index contributed by atoms with van der Waals surface area (Å²) in [5.41, 5.74) is 5.03. The van der Waals surface area contributed by atoms with Crippen molar-refractivity contribution in [3.05, 3.63) is 28.7 Å².